The Bertz CT molecular complexity index is 414. The van der Waals surface area contributed by atoms with Gasteiger partial charge in [0.2, 0.25) is 5.91 Å². The first-order valence-corrected chi connectivity index (χ1v) is 6.26. The van der Waals surface area contributed by atoms with E-state index < -0.39 is 0 Å². The smallest absolute Gasteiger partial charge is 0.227 e. The molecular weight excluding hydrogens is 336 g/mol. The van der Waals surface area contributed by atoms with Gasteiger partial charge in [-0.25, -0.2) is 0 Å². The minimum Gasteiger partial charge on any atom is -0.495 e. The van der Waals surface area contributed by atoms with E-state index in [0.717, 1.165) is 4.47 Å². The molecule has 0 aromatic heterocycles. The van der Waals surface area contributed by atoms with Gasteiger partial charge in [-0.1, -0.05) is 15.9 Å². The molecular formula is C12H18BrClN2O3. The summed E-state index contributed by atoms with van der Waals surface area (Å²) >= 11 is 3.34. The van der Waals surface area contributed by atoms with Crippen molar-refractivity contribution in [2.75, 3.05) is 26.1 Å². The maximum Gasteiger partial charge on any atom is 0.227 e. The summed E-state index contributed by atoms with van der Waals surface area (Å²) in [5.41, 5.74) is 6.08. The van der Waals surface area contributed by atoms with E-state index >= 15 is 0 Å². The molecule has 1 aromatic carbocycles. The number of halogens is 2. The lowest BCUT2D eigenvalue weighted by Gasteiger charge is -2.14. The summed E-state index contributed by atoms with van der Waals surface area (Å²) in [7, 11) is 3.08. The first-order chi connectivity index (χ1) is 8.60. The maximum atomic E-state index is 11.8. The third-order valence-corrected chi connectivity index (χ3v) is 2.94. The monoisotopic (exact) mass is 352 g/mol. The SMILES string of the molecule is COc1ccc(Br)cc1NC(=O)CC(CN)OC.Cl. The van der Waals surface area contributed by atoms with E-state index in [-0.39, 0.29) is 30.8 Å². The van der Waals surface area contributed by atoms with Crippen molar-refractivity contribution in [1.29, 1.82) is 0 Å². The molecule has 0 heterocycles. The summed E-state index contributed by atoms with van der Waals surface area (Å²) in [6.07, 6.45) is -0.0639. The van der Waals surface area contributed by atoms with Crippen LogP contribution < -0.4 is 15.8 Å². The van der Waals surface area contributed by atoms with Crippen molar-refractivity contribution in [3.05, 3.63) is 22.7 Å². The molecule has 7 heteroatoms. The van der Waals surface area contributed by atoms with Crippen LogP contribution in [-0.2, 0) is 9.53 Å². The van der Waals surface area contributed by atoms with E-state index in [2.05, 4.69) is 21.2 Å². The summed E-state index contributed by atoms with van der Waals surface area (Å²) < 4.78 is 11.1. The number of rotatable bonds is 6. The Morgan fingerprint density at radius 1 is 1.47 bits per heavy atom. The van der Waals surface area contributed by atoms with Crippen LogP contribution in [0.3, 0.4) is 0 Å². The zero-order valence-electron chi connectivity index (χ0n) is 10.8. The van der Waals surface area contributed by atoms with Gasteiger partial charge < -0.3 is 20.5 Å². The third kappa shape index (κ3) is 5.78. The normalized spacial score (nSPS) is 11.4. The fraction of sp³-hybridized carbons (Fsp3) is 0.417. The number of ether oxygens (including phenoxy) is 2. The van der Waals surface area contributed by atoms with Gasteiger partial charge >= 0.3 is 0 Å². The van der Waals surface area contributed by atoms with E-state index in [0.29, 0.717) is 18.0 Å². The predicted molar refractivity (Wildman–Crippen MR) is 81.0 cm³/mol. The van der Waals surface area contributed by atoms with Gasteiger partial charge in [0.15, 0.2) is 0 Å². The van der Waals surface area contributed by atoms with Gasteiger partial charge in [0.1, 0.15) is 5.75 Å². The highest BCUT2D eigenvalue weighted by Gasteiger charge is 2.13. The molecule has 0 spiro atoms. The van der Waals surface area contributed by atoms with Crippen LogP contribution in [0, 0.1) is 0 Å². The van der Waals surface area contributed by atoms with E-state index in [1.54, 1.807) is 19.2 Å². The third-order valence-electron chi connectivity index (χ3n) is 2.44. The average molecular weight is 354 g/mol. The molecule has 0 aliphatic heterocycles. The molecule has 1 amide bonds. The second kappa shape index (κ2) is 9.14. The molecule has 0 bridgehead atoms. The fourth-order valence-corrected chi connectivity index (χ4v) is 1.81. The Balaban J connectivity index is 0.00000324. The van der Waals surface area contributed by atoms with Gasteiger partial charge in [0.25, 0.3) is 0 Å². The molecule has 0 fully saturated rings. The molecule has 0 aliphatic carbocycles. The minimum atomic E-state index is -0.275. The lowest BCUT2D eigenvalue weighted by molar-refractivity contribution is -0.118. The number of nitrogens with two attached hydrogens (primary N) is 1. The molecule has 19 heavy (non-hydrogen) atoms. The second-order valence-corrected chi connectivity index (χ2v) is 4.61. The molecule has 0 saturated carbocycles. The van der Waals surface area contributed by atoms with Crippen LogP contribution in [0.4, 0.5) is 5.69 Å². The van der Waals surface area contributed by atoms with E-state index in [1.807, 2.05) is 6.07 Å². The molecule has 1 aromatic rings. The van der Waals surface area contributed by atoms with Crippen molar-refractivity contribution in [2.24, 2.45) is 5.73 Å². The molecule has 0 radical (unpaired) electrons. The zero-order chi connectivity index (χ0) is 13.5. The van der Waals surface area contributed by atoms with Crippen molar-refractivity contribution in [2.45, 2.75) is 12.5 Å². The number of hydrogen-bond donors (Lipinski definition) is 2. The quantitative estimate of drug-likeness (QED) is 0.822. The highest BCUT2D eigenvalue weighted by Crippen LogP contribution is 2.28. The predicted octanol–water partition coefficient (Wildman–Crippen LogP) is 2.18. The van der Waals surface area contributed by atoms with Crippen molar-refractivity contribution < 1.29 is 14.3 Å². The van der Waals surface area contributed by atoms with Crippen molar-refractivity contribution in [1.82, 2.24) is 0 Å². The molecule has 0 saturated heterocycles. The number of amides is 1. The number of nitrogens with one attached hydrogen (secondary N) is 1. The van der Waals surface area contributed by atoms with E-state index in [4.69, 9.17) is 15.2 Å². The number of carbonyl (C=O) groups excluding carboxylic acids is 1. The Morgan fingerprint density at radius 2 is 2.16 bits per heavy atom. The first-order valence-electron chi connectivity index (χ1n) is 5.47. The van der Waals surface area contributed by atoms with Crippen LogP contribution in [0.25, 0.3) is 0 Å². The van der Waals surface area contributed by atoms with Crippen LogP contribution in [0.2, 0.25) is 0 Å². The molecule has 1 unspecified atom stereocenters. The van der Waals surface area contributed by atoms with Gasteiger partial charge in [-0.2, -0.15) is 0 Å². The minimum absolute atomic E-state index is 0. The molecule has 5 nitrogen and oxygen atoms in total. The molecule has 3 N–H and O–H groups in total. The fourth-order valence-electron chi connectivity index (χ4n) is 1.45. The first kappa shape index (κ1) is 18.2. The Labute approximate surface area is 127 Å². The summed E-state index contributed by atoms with van der Waals surface area (Å²) in [5.74, 6) is 0.442. The van der Waals surface area contributed by atoms with Crippen LogP contribution in [0.15, 0.2) is 22.7 Å². The van der Waals surface area contributed by atoms with Crippen LogP contribution in [0.1, 0.15) is 6.42 Å². The number of anilines is 1. The summed E-state index contributed by atoms with van der Waals surface area (Å²) in [6.45, 7) is 0.305. The molecule has 1 atom stereocenters. The van der Waals surface area contributed by atoms with E-state index in [9.17, 15) is 4.79 Å². The van der Waals surface area contributed by atoms with E-state index in [1.165, 1.54) is 7.11 Å². The summed E-state index contributed by atoms with van der Waals surface area (Å²) in [5, 5.41) is 2.77. The summed E-state index contributed by atoms with van der Waals surface area (Å²) in [4.78, 5) is 11.8. The molecule has 108 valence electrons. The van der Waals surface area contributed by atoms with Crippen molar-refractivity contribution in [3.63, 3.8) is 0 Å². The summed E-state index contributed by atoms with van der Waals surface area (Å²) in [6, 6.07) is 5.39. The van der Waals surface area contributed by atoms with Crippen LogP contribution in [-0.4, -0.2) is 32.8 Å². The lowest BCUT2D eigenvalue weighted by Crippen LogP contribution is -2.28. The number of carbonyl (C=O) groups is 1. The Kier molecular flexibility index (Phi) is 8.75. The lowest BCUT2D eigenvalue weighted by atomic mass is 10.2. The Morgan fingerprint density at radius 3 is 2.68 bits per heavy atom. The second-order valence-electron chi connectivity index (χ2n) is 3.69. The van der Waals surface area contributed by atoms with Crippen LogP contribution in [0.5, 0.6) is 5.75 Å². The molecule has 1 rings (SSSR count). The Hall–Kier alpha value is -0.820. The number of methoxy groups -OCH3 is 2. The highest BCUT2D eigenvalue weighted by molar-refractivity contribution is 9.10. The largest absolute Gasteiger partial charge is 0.495 e. The highest BCUT2D eigenvalue weighted by atomic mass is 79.9. The maximum absolute atomic E-state index is 11.8. The van der Waals surface area contributed by atoms with Crippen molar-refractivity contribution >= 4 is 39.9 Å². The zero-order valence-corrected chi connectivity index (χ0v) is 13.2. The number of benzene rings is 1. The average Bonchev–Trinajstić information content (AvgIpc) is 2.36. The van der Waals surface area contributed by atoms with Crippen molar-refractivity contribution in [3.8, 4) is 5.75 Å². The van der Waals surface area contributed by atoms with Gasteiger partial charge in [0.05, 0.1) is 25.3 Å². The van der Waals surface area contributed by atoms with Gasteiger partial charge in [-0.15, -0.1) is 12.4 Å². The topological polar surface area (TPSA) is 73.6 Å². The van der Waals surface area contributed by atoms with Crippen LogP contribution >= 0.6 is 28.3 Å². The van der Waals surface area contributed by atoms with Gasteiger partial charge in [-0.05, 0) is 18.2 Å². The number of hydrogen-bond acceptors (Lipinski definition) is 4. The molecule has 0 aliphatic rings. The van der Waals surface area contributed by atoms with Gasteiger partial charge in [-0.3, -0.25) is 4.79 Å². The van der Waals surface area contributed by atoms with Gasteiger partial charge in [0, 0.05) is 18.1 Å². The standard InChI is InChI=1S/C12H17BrN2O3.ClH/c1-17-9(7-14)6-12(16)15-10-5-8(13)3-4-11(10)18-2;/h3-5,9H,6-7,14H2,1-2H3,(H,15,16);1H.